The van der Waals surface area contributed by atoms with Crippen LogP contribution in [0.4, 0.5) is 5.69 Å². The first-order valence-corrected chi connectivity index (χ1v) is 10.4. The highest BCUT2D eigenvalue weighted by Crippen LogP contribution is 2.32. The first-order valence-electron chi connectivity index (χ1n) is 9.69. The fraction of sp³-hybridized carbons (Fsp3) is 0.167. The smallest absolute Gasteiger partial charge is 0.258 e. The van der Waals surface area contributed by atoms with Gasteiger partial charge in [-0.3, -0.25) is 9.59 Å². The van der Waals surface area contributed by atoms with Crippen LogP contribution in [0.1, 0.15) is 44.8 Å². The topological polar surface area (TPSA) is 49.4 Å². The van der Waals surface area contributed by atoms with Crippen molar-refractivity contribution in [2.45, 2.75) is 19.4 Å². The van der Waals surface area contributed by atoms with Crippen molar-refractivity contribution in [2.24, 2.45) is 0 Å². The number of nitrogens with one attached hydrogen (secondary N) is 1. The lowest BCUT2D eigenvalue weighted by Crippen LogP contribution is -2.29. The van der Waals surface area contributed by atoms with Crippen LogP contribution in [0, 0.1) is 0 Å². The minimum absolute atomic E-state index is 0.0620. The molecule has 0 bridgehead atoms. The van der Waals surface area contributed by atoms with E-state index < -0.39 is 0 Å². The van der Waals surface area contributed by atoms with Gasteiger partial charge in [0.1, 0.15) is 0 Å². The first kappa shape index (κ1) is 20.5. The minimum atomic E-state index is -0.170. The predicted octanol–water partition coefficient (Wildman–Crippen LogP) is 5.69. The third-order valence-electron chi connectivity index (χ3n) is 5.27. The van der Waals surface area contributed by atoms with Gasteiger partial charge in [-0.2, -0.15) is 0 Å². The molecular weight excluding hydrogens is 419 g/mol. The molecule has 1 aliphatic heterocycles. The molecule has 2 amide bonds. The average molecular weight is 439 g/mol. The normalized spacial score (nSPS) is 13.6. The summed E-state index contributed by atoms with van der Waals surface area (Å²) in [6, 6.07) is 19.6. The van der Waals surface area contributed by atoms with Crippen molar-refractivity contribution >= 4 is 40.7 Å². The third kappa shape index (κ3) is 4.20. The van der Waals surface area contributed by atoms with E-state index in [1.165, 1.54) is 0 Å². The van der Waals surface area contributed by atoms with E-state index in [9.17, 15) is 9.59 Å². The zero-order valence-corrected chi connectivity index (χ0v) is 17.9. The summed E-state index contributed by atoms with van der Waals surface area (Å²) in [6.07, 6.45) is 0.771. The van der Waals surface area contributed by atoms with Crippen molar-refractivity contribution in [1.82, 2.24) is 5.32 Å². The molecule has 0 saturated carbocycles. The van der Waals surface area contributed by atoms with E-state index in [2.05, 4.69) is 11.4 Å². The summed E-state index contributed by atoms with van der Waals surface area (Å²) in [5.74, 6) is -0.217. The molecule has 0 spiro atoms. The van der Waals surface area contributed by atoms with Gasteiger partial charge in [0.25, 0.3) is 11.8 Å². The maximum Gasteiger partial charge on any atom is 0.258 e. The van der Waals surface area contributed by atoms with E-state index in [1.54, 1.807) is 53.4 Å². The first-order chi connectivity index (χ1) is 14.4. The van der Waals surface area contributed by atoms with Crippen LogP contribution < -0.4 is 10.2 Å². The number of benzene rings is 3. The van der Waals surface area contributed by atoms with E-state index in [-0.39, 0.29) is 17.9 Å². The molecule has 0 fully saturated rings. The number of carbonyl (C=O) groups excluding carboxylic acids is 2. The standard InChI is InChI=1S/C24H20Cl2N2O2/c1-15(27-23(29)16-5-8-20(25)9-6-16)17-7-10-22-18(13-17)11-12-28(22)24(30)19-3-2-4-21(26)14-19/h2-10,13-15H,11-12H2,1H3,(H,27,29). The van der Waals surface area contributed by atoms with Gasteiger partial charge in [-0.1, -0.05) is 41.4 Å². The van der Waals surface area contributed by atoms with Crippen LogP contribution in [0.5, 0.6) is 0 Å². The Labute approximate surface area is 185 Å². The summed E-state index contributed by atoms with van der Waals surface area (Å²) < 4.78 is 0. The van der Waals surface area contributed by atoms with Crippen LogP contribution in [0.2, 0.25) is 10.0 Å². The van der Waals surface area contributed by atoms with E-state index >= 15 is 0 Å². The summed E-state index contributed by atoms with van der Waals surface area (Å²) in [5, 5.41) is 4.15. The zero-order chi connectivity index (χ0) is 21.3. The Kier molecular flexibility index (Phi) is 5.80. The summed E-state index contributed by atoms with van der Waals surface area (Å²) in [5.41, 5.74) is 4.12. The summed E-state index contributed by atoms with van der Waals surface area (Å²) in [4.78, 5) is 27.2. The molecule has 1 N–H and O–H groups in total. The van der Waals surface area contributed by atoms with Gasteiger partial charge in [0.05, 0.1) is 6.04 Å². The van der Waals surface area contributed by atoms with Crippen molar-refractivity contribution in [3.63, 3.8) is 0 Å². The molecule has 0 aromatic heterocycles. The molecule has 1 aliphatic rings. The molecule has 1 heterocycles. The second-order valence-corrected chi connectivity index (χ2v) is 8.18. The molecular formula is C24H20Cl2N2O2. The van der Waals surface area contributed by atoms with Crippen LogP contribution >= 0.6 is 23.2 Å². The van der Waals surface area contributed by atoms with Gasteiger partial charge in [-0.05, 0) is 73.0 Å². The van der Waals surface area contributed by atoms with Crippen LogP contribution in [-0.2, 0) is 6.42 Å². The fourth-order valence-electron chi connectivity index (χ4n) is 3.64. The van der Waals surface area contributed by atoms with Gasteiger partial charge in [-0.25, -0.2) is 0 Å². The second-order valence-electron chi connectivity index (χ2n) is 7.31. The molecule has 1 unspecified atom stereocenters. The molecule has 1 atom stereocenters. The number of carbonyl (C=O) groups is 2. The van der Waals surface area contributed by atoms with Crippen molar-refractivity contribution in [2.75, 3.05) is 11.4 Å². The van der Waals surface area contributed by atoms with Gasteiger partial charge < -0.3 is 10.2 Å². The molecule has 6 heteroatoms. The Bertz CT molecular complexity index is 1110. The van der Waals surface area contributed by atoms with Crippen LogP contribution in [0.15, 0.2) is 66.7 Å². The van der Waals surface area contributed by atoms with Crippen molar-refractivity contribution in [1.29, 1.82) is 0 Å². The second kappa shape index (κ2) is 8.50. The summed E-state index contributed by atoms with van der Waals surface area (Å²) in [6.45, 7) is 2.56. The van der Waals surface area contributed by atoms with Crippen LogP contribution in [0.25, 0.3) is 0 Å². The van der Waals surface area contributed by atoms with Crippen molar-refractivity contribution in [3.8, 4) is 0 Å². The highest BCUT2D eigenvalue weighted by Gasteiger charge is 2.26. The molecule has 0 saturated heterocycles. The third-order valence-corrected chi connectivity index (χ3v) is 5.76. The Morgan fingerprint density at radius 3 is 2.43 bits per heavy atom. The minimum Gasteiger partial charge on any atom is -0.346 e. The number of amides is 2. The molecule has 3 aromatic carbocycles. The van der Waals surface area contributed by atoms with E-state index in [0.29, 0.717) is 27.7 Å². The average Bonchev–Trinajstić information content (AvgIpc) is 3.16. The monoisotopic (exact) mass is 438 g/mol. The zero-order valence-electron chi connectivity index (χ0n) is 16.4. The maximum atomic E-state index is 12.9. The molecule has 30 heavy (non-hydrogen) atoms. The lowest BCUT2D eigenvalue weighted by molar-refractivity contribution is 0.0938. The van der Waals surface area contributed by atoms with Gasteiger partial charge in [-0.15, -0.1) is 0 Å². The highest BCUT2D eigenvalue weighted by atomic mass is 35.5. The number of fused-ring (bicyclic) bond motifs is 1. The molecule has 152 valence electrons. The molecule has 4 nitrogen and oxygen atoms in total. The maximum absolute atomic E-state index is 12.9. The van der Waals surface area contributed by atoms with Crippen LogP contribution in [0.3, 0.4) is 0 Å². The van der Waals surface area contributed by atoms with E-state index in [1.807, 2.05) is 19.1 Å². The Hall–Kier alpha value is -2.82. The van der Waals surface area contributed by atoms with Gasteiger partial charge in [0, 0.05) is 33.4 Å². The van der Waals surface area contributed by atoms with Gasteiger partial charge in [0.2, 0.25) is 0 Å². The Balaban J connectivity index is 1.50. The van der Waals surface area contributed by atoms with Gasteiger partial charge in [0.15, 0.2) is 0 Å². The number of anilines is 1. The molecule has 0 aliphatic carbocycles. The predicted molar refractivity (Wildman–Crippen MR) is 121 cm³/mol. The fourth-order valence-corrected chi connectivity index (χ4v) is 3.96. The highest BCUT2D eigenvalue weighted by molar-refractivity contribution is 6.31. The summed E-state index contributed by atoms with van der Waals surface area (Å²) in [7, 11) is 0. The molecule has 3 aromatic rings. The number of halogens is 2. The number of rotatable bonds is 4. The van der Waals surface area contributed by atoms with Crippen molar-refractivity contribution < 1.29 is 9.59 Å². The summed E-state index contributed by atoms with van der Waals surface area (Å²) >= 11 is 11.9. The van der Waals surface area contributed by atoms with Crippen molar-refractivity contribution in [3.05, 3.63) is 99.0 Å². The molecule has 4 rings (SSSR count). The number of hydrogen-bond acceptors (Lipinski definition) is 2. The van der Waals surface area contributed by atoms with Crippen LogP contribution in [-0.4, -0.2) is 18.4 Å². The Morgan fingerprint density at radius 1 is 0.933 bits per heavy atom. The van der Waals surface area contributed by atoms with E-state index in [0.717, 1.165) is 23.2 Å². The quantitative estimate of drug-likeness (QED) is 0.568. The van der Waals surface area contributed by atoms with E-state index in [4.69, 9.17) is 23.2 Å². The SMILES string of the molecule is CC(NC(=O)c1ccc(Cl)cc1)c1ccc2c(c1)CCN2C(=O)c1cccc(Cl)c1. The lowest BCUT2D eigenvalue weighted by Gasteiger charge is -2.19. The molecule has 0 radical (unpaired) electrons. The lowest BCUT2D eigenvalue weighted by atomic mass is 10.0. The largest absolute Gasteiger partial charge is 0.346 e. The van der Waals surface area contributed by atoms with Gasteiger partial charge >= 0.3 is 0 Å². The Morgan fingerprint density at radius 2 is 1.70 bits per heavy atom. The number of nitrogens with zero attached hydrogens (tertiary/aromatic N) is 1. The number of hydrogen-bond donors (Lipinski definition) is 1.